The molecule has 0 aliphatic heterocycles. The van der Waals surface area contributed by atoms with Crippen LogP contribution in [0.5, 0.6) is 0 Å². The van der Waals surface area contributed by atoms with Crippen molar-refractivity contribution in [1.29, 1.82) is 0 Å². The highest BCUT2D eigenvalue weighted by Crippen LogP contribution is 2.19. The molecule has 0 unspecified atom stereocenters. The number of hydrogen-bond donors (Lipinski definition) is 1. The highest BCUT2D eigenvalue weighted by molar-refractivity contribution is 5.33. The van der Waals surface area contributed by atoms with Crippen LogP contribution in [0.1, 0.15) is 30.5 Å². The van der Waals surface area contributed by atoms with Crippen molar-refractivity contribution in [1.82, 2.24) is 4.90 Å². The zero-order chi connectivity index (χ0) is 12.3. The van der Waals surface area contributed by atoms with E-state index in [-0.39, 0.29) is 5.54 Å². The van der Waals surface area contributed by atoms with Gasteiger partial charge in [-0.05, 0) is 51.4 Å². The molecule has 0 saturated heterocycles. The molecule has 2 N–H and O–H groups in total. The van der Waals surface area contributed by atoms with Gasteiger partial charge in [-0.15, -0.1) is 0 Å². The Balaban J connectivity index is 2.89. The van der Waals surface area contributed by atoms with Crippen molar-refractivity contribution < 1.29 is 0 Å². The molecule has 0 atom stereocenters. The molecule has 90 valence electrons. The Labute approximate surface area is 99.5 Å². The summed E-state index contributed by atoms with van der Waals surface area (Å²) < 4.78 is 0. The monoisotopic (exact) mass is 220 g/mol. The maximum atomic E-state index is 5.80. The summed E-state index contributed by atoms with van der Waals surface area (Å²) in [5.74, 6) is 0. The van der Waals surface area contributed by atoms with Gasteiger partial charge in [0.15, 0.2) is 0 Å². The largest absolute Gasteiger partial charge is 0.329 e. The summed E-state index contributed by atoms with van der Waals surface area (Å²) in [7, 11) is 2.14. The molecule has 0 spiro atoms. The fraction of sp³-hybridized carbons (Fsp3) is 0.571. The van der Waals surface area contributed by atoms with Crippen LogP contribution in [-0.4, -0.2) is 24.0 Å². The van der Waals surface area contributed by atoms with Crippen molar-refractivity contribution >= 4 is 0 Å². The summed E-state index contributed by atoms with van der Waals surface area (Å²) in [4.78, 5) is 2.32. The molecular formula is C14H24N2. The van der Waals surface area contributed by atoms with E-state index in [2.05, 4.69) is 57.8 Å². The molecular weight excluding hydrogens is 196 g/mol. The minimum absolute atomic E-state index is 0.0503. The minimum atomic E-state index is 0.0503. The number of aryl methyl sites for hydroxylation is 2. The Hall–Kier alpha value is -0.860. The standard InChI is InChI=1S/C14H24N2/c1-11-7-6-8-12(2)13(11)9-16(5)14(3,4)10-15/h6-8H,9-10,15H2,1-5H3. The van der Waals surface area contributed by atoms with E-state index in [1.54, 1.807) is 0 Å². The number of nitrogens with zero attached hydrogens (tertiary/aromatic N) is 1. The van der Waals surface area contributed by atoms with Gasteiger partial charge in [-0.3, -0.25) is 4.90 Å². The zero-order valence-electron chi connectivity index (χ0n) is 11.2. The van der Waals surface area contributed by atoms with Gasteiger partial charge in [0.1, 0.15) is 0 Å². The third-order valence-electron chi connectivity index (χ3n) is 3.57. The molecule has 2 heteroatoms. The maximum Gasteiger partial charge on any atom is 0.0275 e. The second-order valence-electron chi connectivity index (χ2n) is 5.24. The summed E-state index contributed by atoms with van der Waals surface area (Å²) in [5, 5.41) is 0. The highest BCUT2D eigenvalue weighted by Gasteiger charge is 2.22. The van der Waals surface area contributed by atoms with Crippen molar-refractivity contribution in [2.45, 2.75) is 39.8 Å². The summed E-state index contributed by atoms with van der Waals surface area (Å²) in [5.41, 5.74) is 9.99. The van der Waals surface area contributed by atoms with Crippen LogP contribution in [0.4, 0.5) is 0 Å². The molecule has 0 heterocycles. The second kappa shape index (κ2) is 4.98. The minimum Gasteiger partial charge on any atom is -0.329 e. The van der Waals surface area contributed by atoms with Crippen molar-refractivity contribution in [3.8, 4) is 0 Å². The third kappa shape index (κ3) is 2.83. The lowest BCUT2D eigenvalue weighted by atomic mass is 9.99. The number of rotatable bonds is 4. The van der Waals surface area contributed by atoms with Gasteiger partial charge in [0.25, 0.3) is 0 Å². The summed E-state index contributed by atoms with van der Waals surface area (Å²) in [6.07, 6.45) is 0. The first-order valence-corrected chi connectivity index (χ1v) is 5.85. The number of hydrogen-bond acceptors (Lipinski definition) is 2. The predicted octanol–water partition coefficient (Wildman–Crippen LogP) is 2.47. The van der Waals surface area contributed by atoms with Crippen LogP contribution in [0.3, 0.4) is 0 Å². The quantitative estimate of drug-likeness (QED) is 0.844. The van der Waals surface area contributed by atoms with Crippen LogP contribution in [0.15, 0.2) is 18.2 Å². The van der Waals surface area contributed by atoms with Crippen molar-refractivity contribution in [3.05, 3.63) is 34.9 Å². The van der Waals surface area contributed by atoms with Gasteiger partial charge in [-0.1, -0.05) is 18.2 Å². The molecule has 0 aliphatic carbocycles. The van der Waals surface area contributed by atoms with Crippen LogP contribution in [0, 0.1) is 13.8 Å². The van der Waals surface area contributed by atoms with E-state index in [4.69, 9.17) is 5.73 Å². The first kappa shape index (κ1) is 13.2. The first-order valence-electron chi connectivity index (χ1n) is 5.85. The van der Waals surface area contributed by atoms with E-state index in [0.717, 1.165) is 6.54 Å². The molecule has 1 rings (SSSR count). The number of nitrogens with two attached hydrogens (primary N) is 1. The lowest BCUT2D eigenvalue weighted by Gasteiger charge is -2.35. The first-order chi connectivity index (χ1) is 7.38. The molecule has 2 nitrogen and oxygen atoms in total. The molecule has 0 radical (unpaired) electrons. The summed E-state index contributed by atoms with van der Waals surface area (Å²) in [6.45, 7) is 10.3. The molecule has 1 aromatic rings. The fourth-order valence-corrected chi connectivity index (χ4v) is 1.71. The summed E-state index contributed by atoms with van der Waals surface area (Å²) >= 11 is 0. The van der Waals surface area contributed by atoms with Gasteiger partial charge in [0, 0.05) is 18.6 Å². The van der Waals surface area contributed by atoms with Crippen molar-refractivity contribution in [2.75, 3.05) is 13.6 Å². The SMILES string of the molecule is Cc1cccc(C)c1CN(C)C(C)(C)CN. The Morgan fingerprint density at radius 3 is 2.12 bits per heavy atom. The predicted molar refractivity (Wildman–Crippen MR) is 70.5 cm³/mol. The van der Waals surface area contributed by atoms with Crippen LogP contribution in [0.25, 0.3) is 0 Å². The van der Waals surface area contributed by atoms with E-state index in [0.29, 0.717) is 6.54 Å². The third-order valence-corrected chi connectivity index (χ3v) is 3.57. The molecule has 0 aliphatic rings. The molecule has 1 aromatic carbocycles. The van der Waals surface area contributed by atoms with Crippen LogP contribution < -0.4 is 5.73 Å². The molecule has 0 bridgehead atoms. The topological polar surface area (TPSA) is 29.3 Å². The Kier molecular flexibility index (Phi) is 4.11. The van der Waals surface area contributed by atoms with Crippen LogP contribution in [0.2, 0.25) is 0 Å². The van der Waals surface area contributed by atoms with Gasteiger partial charge >= 0.3 is 0 Å². The van der Waals surface area contributed by atoms with E-state index in [9.17, 15) is 0 Å². The van der Waals surface area contributed by atoms with E-state index >= 15 is 0 Å². The van der Waals surface area contributed by atoms with Gasteiger partial charge in [-0.25, -0.2) is 0 Å². The van der Waals surface area contributed by atoms with Crippen LogP contribution in [-0.2, 0) is 6.54 Å². The smallest absolute Gasteiger partial charge is 0.0275 e. The van der Waals surface area contributed by atoms with E-state index < -0.39 is 0 Å². The van der Waals surface area contributed by atoms with E-state index in [1.165, 1.54) is 16.7 Å². The van der Waals surface area contributed by atoms with Gasteiger partial charge < -0.3 is 5.73 Å². The second-order valence-corrected chi connectivity index (χ2v) is 5.24. The Morgan fingerprint density at radius 1 is 1.19 bits per heavy atom. The van der Waals surface area contributed by atoms with Crippen molar-refractivity contribution in [2.24, 2.45) is 5.73 Å². The fourth-order valence-electron chi connectivity index (χ4n) is 1.71. The highest BCUT2D eigenvalue weighted by atomic mass is 15.2. The average Bonchev–Trinajstić information content (AvgIpc) is 2.23. The molecule has 0 aromatic heterocycles. The Morgan fingerprint density at radius 2 is 1.69 bits per heavy atom. The lowest BCUT2D eigenvalue weighted by molar-refractivity contribution is 0.155. The summed E-state index contributed by atoms with van der Waals surface area (Å²) in [6, 6.07) is 6.46. The number of benzene rings is 1. The molecule has 0 amide bonds. The molecule has 0 fully saturated rings. The van der Waals surface area contributed by atoms with Gasteiger partial charge in [-0.2, -0.15) is 0 Å². The maximum absolute atomic E-state index is 5.80. The molecule has 0 saturated carbocycles. The Bertz CT molecular complexity index is 336. The lowest BCUT2D eigenvalue weighted by Crippen LogP contribution is -2.46. The van der Waals surface area contributed by atoms with Gasteiger partial charge in [0.2, 0.25) is 0 Å². The van der Waals surface area contributed by atoms with Gasteiger partial charge in [0.05, 0.1) is 0 Å². The zero-order valence-corrected chi connectivity index (χ0v) is 11.2. The normalized spacial score (nSPS) is 12.2. The van der Waals surface area contributed by atoms with Crippen molar-refractivity contribution in [3.63, 3.8) is 0 Å². The molecule has 16 heavy (non-hydrogen) atoms. The van der Waals surface area contributed by atoms with Crippen LogP contribution >= 0.6 is 0 Å². The average molecular weight is 220 g/mol. The number of likely N-dealkylation sites (N-methyl/N-ethyl adjacent to an activating group) is 1. The van der Waals surface area contributed by atoms with E-state index in [1.807, 2.05) is 0 Å².